The fraction of sp³-hybridized carbons (Fsp3) is 0.480. The van der Waals surface area contributed by atoms with Gasteiger partial charge in [-0.05, 0) is 49.8 Å². The third-order valence-electron chi connectivity index (χ3n) is 6.94. The van der Waals surface area contributed by atoms with E-state index in [9.17, 15) is 9.90 Å². The van der Waals surface area contributed by atoms with Crippen molar-refractivity contribution >= 4 is 40.6 Å². The zero-order chi connectivity index (χ0) is 24.1. The molecule has 8 heteroatoms. The molecule has 6 nitrogen and oxygen atoms in total. The molecule has 0 bridgehead atoms. The summed E-state index contributed by atoms with van der Waals surface area (Å²) in [4.78, 5) is 19.5. The Bertz CT molecular complexity index is 1220. The minimum Gasteiger partial charge on any atom is -0.481 e. The summed E-state index contributed by atoms with van der Waals surface area (Å²) in [5.41, 5.74) is 3.41. The zero-order valence-corrected chi connectivity index (χ0v) is 21.2. The van der Waals surface area contributed by atoms with E-state index in [1.807, 2.05) is 37.4 Å². The number of aryl methyl sites for hydroxylation is 1. The number of aromatic nitrogens is 3. The molecule has 1 aliphatic heterocycles. The fourth-order valence-corrected chi connectivity index (χ4v) is 5.59. The van der Waals surface area contributed by atoms with Crippen molar-refractivity contribution in [2.24, 2.45) is 11.3 Å². The maximum atomic E-state index is 12.4. The van der Waals surface area contributed by atoms with Crippen molar-refractivity contribution in [3.05, 3.63) is 45.6 Å². The van der Waals surface area contributed by atoms with Crippen molar-refractivity contribution in [2.75, 3.05) is 18.0 Å². The molecule has 3 aromatic rings. The van der Waals surface area contributed by atoms with Crippen LogP contribution in [0.5, 0.6) is 0 Å². The molecule has 4 rings (SSSR count). The highest BCUT2D eigenvalue weighted by atomic mass is 35.5. The van der Waals surface area contributed by atoms with E-state index in [1.165, 1.54) is 0 Å². The van der Waals surface area contributed by atoms with E-state index < -0.39 is 11.4 Å². The Morgan fingerprint density at radius 2 is 1.91 bits per heavy atom. The van der Waals surface area contributed by atoms with E-state index in [1.54, 1.807) is 12.1 Å². The molecule has 176 valence electrons. The Morgan fingerprint density at radius 3 is 2.52 bits per heavy atom. The third-order valence-corrected chi connectivity index (χ3v) is 7.49. The van der Waals surface area contributed by atoms with E-state index in [2.05, 4.69) is 18.7 Å². The molecule has 0 radical (unpaired) electrons. The normalized spacial score (nSPS) is 19.1. The summed E-state index contributed by atoms with van der Waals surface area (Å²) in [7, 11) is 0. The zero-order valence-electron chi connectivity index (χ0n) is 19.7. The van der Waals surface area contributed by atoms with Crippen LogP contribution in [0.1, 0.15) is 57.7 Å². The van der Waals surface area contributed by atoms with E-state index in [0.717, 1.165) is 35.6 Å². The topological polar surface area (TPSA) is 70.7 Å². The van der Waals surface area contributed by atoms with Crippen LogP contribution < -0.4 is 4.90 Å². The number of nitrogens with zero attached hydrogens (tertiary/aromatic N) is 4. The highest BCUT2D eigenvalue weighted by Crippen LogP contribution is 2.42. The number of piperidine rings is 1. The molecule has 0 saturated carbocycles. The van der Waals surface area contributed by atoms with Crippen LogP contribution in [0.3, 0.4) is 0 Å². The lowest BCUT2D eigenvalue weighted by Gasteiger charge is -2.44. The summed E-state index contributed by atoms with van der Waals surface area (Å²) in [6.45, 7) is 11.5. The van der Waals surface area contributed by atoms with Crippen LogP contribution >= 0.6 is 23.2 Å². The molecule has 0 amide bonds. The van der Waals surface area contributed by atoms with Gasteiger partial charge in [-0.2, -0.15) is 9.61 Å². The molecule has 3 heterocycles. The lowest BCUT2D eigenvalue weighted by molar-refractivity contribution is -0.152. The van der Waals surface area contributed by atoms with E-state index in [-0.39, 0.29) is 11.8 Å². The van der Waals surface area contributed by atoms with E-state index in [0.29, 0.717) is 34.4 Å². The molecule has 1 saturated heterocycles. The maximum absolute atomic E-state index is 12.4. The predicted octanol–water partition coefficient (Wildman–Crippen LogP) is 6.46. The van der Waals surface area contributed by atoms with Gasteiger partial charge in [-0.1, -0.05) is 50.9 Å². The molecule has 33 heavy (non-hydrogen) atoms. The smallest absolute Gasteiger partial charge is 0.311 e. The number of benzene rings is 1. The van der Waals surface area contributed by atoms with Gasteiger partial charge in [-0.3, -0.25) is 4.79 Å². The number of hydrogen-bond donors (Lipinski definition) is 1. The molecule has 0 aliphatic carbocycles. The highest BCUT2D eigenvalue weighted by Gasteiger charge is 2.46. The molecule has 2 aromatic heterocycles. The van der Waals surface area contributed by atoms with Gasteiger partial charge in [0.1, 0.15) is 5.82 Å². The second-order valence-corrected chi connectivity index (χ2v) is 10.5. The number of carbonyl (C=O) groups is 1. The lowest BCUT2D eigenvalue weighted by Crippen LogP contribution is -2.51. The molecular weight excluding hydrogens is 459 g/mol. The van der Waals surface area contributed by atoms with Gasteiger partial charge in [-0.25, -0.2) is 4.98 Å². The first-order chi connectivity index (χ1) is 15.5. The van der Waals surface area contributed by atoms with Gasteiger partial charge in [-0.15, -0.1) is 0 Å². The molecule has 1 N–H and O–H groups in total. The van der Waals surface area contributed by atoms with Crippen LogP contribution in [0, 0.1) is 18.3 Å². The monoisotopic (exact) mass is 488 g/mol. The molecule has 0 unspecified atom stereocenters. The van der Waals surface area contributed by atoms with Gasteiger partial charge >= 0.3 is 5.97 Å². The average molecular weight is 489 g/mol. The van der Waals surface area contributed by atoms with E-state index in [4.69, 9.17) is 33.3 Å². The number of halogens is 2. The molecule has 1 atom stereocenters. The highest BCUT2D eigenvalue weighted by molar-refractivity contribution is 6.36. The van der Waals surface area contributed by atoms with Gasteiger partial charge in [0.25, 0.3) is 0 Å². The molecule has 1 aliphatic rings. The predicted molar refractivity (Wildman–Crippen MR) is 134 cm³/mol. The number of rotatable bonds is 5. The minimum atomic E-state index is -0.800. The first-order valence-electron chi connectivity index (χ1n) is 11.4. The van der Waals surface area contributed by atoms with Crippen LogP contribution in [-0.4, -0.2) is 38.8 Å². The molecule has 1 fully saturated rings. The molecule has 1 aromatic carbocycles. The van der Waals surface area contributed by atoms with Crippen LogP contribution in [0.25, 0.3) is 16.9 Å². The number of fused-ring (bicyclic) bond motifs is 1. The summed E-state index contributed by atoms with van der Waals surface area (Å²) in [5, 5.41) is 16.2. The summed E-state index contributed by atoms with van der Waals surface area (Å²) in [6.07, 6.45) is 1.48. The number of carboxylic acid groups (broad SMARTS) is 1. The Morgan fingerprint density at radius 1 is 1.18 bits per heavy atom. The Balaban J connectivity index is 1.93. The van der Waals surface area contributed by atoms with E-state index >= 15 is 0 Å². The molecular formula is C25H30Cl2N4O2. The van der Waals surface area contributed by atoms with Crippen molar-refractivity contribution in [3.8, 4) is 11.3 Å². The summed E-state index contributed by atoms with van der Waals surface area (Å²) < 4.78 is 1.86. The largest absolute Gasteiger partial charge is 0.481 e. The second-order valence-electron chi connectivity index (χ2n) is 9.65. The summed E-state index contributed by atoms with van der Waals surface area (Å²) >= 11 is 12.6. The number of hydrogen-bond acceptors (Lipinski definition) is 4. The van der Waals surface area contributed by atoms with Gasteiger partial charge in [0.15, 0.2) is 5.65 Å². The first-order valence-corrected chi connectivity index (χ1v) is 12.1. The Labute approximate surface area is 204 Å². The van der Waals surface area contributed by atoms with Gasteiger partial charge in [0, 0.05) is 41.0 Å². The lowest BCUT2D eigenvalue weighted by atomic mass is 9.71. The van der Waals surface area contributed by atoms with Crippen LogP contribution in [0.2, 0.25) is 10.0 Å². The van der Waals surface area contributed by atoms with Crippen LogP contribution in [0.15, 0.2) is 24.3 Å². The van der Waals surface area contributed by atoms with Crippen molar-refractivity contribution in [1.29, 1.82) is 0 Å². The standard InChI is InChI=1S/C25H30Cl2N4O2/c1-14(2)22-16(5)28-21-12-20(18-8-7-17(26)11-19(18)27)29-31(21)23(22)30-10-6-9-25(13-30,15(3)4)24(32)33/h7-8,11-12,14-15H,6,9-10,13H2,1-5H3,(H,32,33)/t25-/m0/s1. The average Bonchev–Trinajstić information content (AvgIpc) is 3.15. The third kappa shape index (κ3) is 4.08. The minimum absolute atomic E-state index is 0.0137. The Hall–Kier alpha value is -2.31. The van der Waals surface area contributed by atoms with Gasteiger partial charge in [0.2, 0.25) is 0 Å². The van der Waals surface area contributed by atoms with Crippen molar-refractivity contribution in [2.45, 2.75) is 53.4 Å². The van der Waals surface area contributed by atoms with Crippen molar-refractivity contribution in [3.63, 3.8) is 0 Å². The number of anilines is 1. The van der Waals surface area contributed by atoms with Crippen LogP contribution in [-0.2, 0) is 4.79 Å². The fourth-order valence-electron chi connectivity index (χ4n) is 5.08. The quantitative estimate of drug-likeness (QED) is 0.445. The van der Waals surface area contributed by atoms with Crippen molar-refractivity contribution < 1.29 is 9.90 Å². The number of aliphatic carboxylic acids is 1. The van der Waals surface area contributed by atoms with Gasteiger partial charge in [0.05, 0.1) is 16.1 Å². The Kier molecular flexibility index (Phi) is 6.36. The summed E-state index contributed by atoms with van der Waals surface area (Å²) in [5.74, 6) is 0.405. The number of carboxylic acids is 1. The molecule has 0 spiro atoms. The first kappa shape index (κ1) is 23.8. The van der Waals surface area contributed by atoms with Crippen LogP contribution in [0.4, 0.5) is 5.82 Å². The maximum Gasteiger partial charge on any atom is 0.311 e. The second kappa shape index (κ2) is 8.80. The summed E-state index contributed by atoms with van der Waals surface area (Å²) in [6, 6.07) is 7.28. The van der Waals surface area contributed by atoms with Gasteiger partial charge < -0.3 is 10.0 Å². The van der Waals surface area contributed by atoms with Crippen molar-refractivity contribution in [1.82, 2.24) is 14.6 Å². The SMILES string of the molecule is Cc1nc2cc(-c3ccc(Cl)cc3Cl)nn2c(N2CCC[C@@](C(=O)O)(C(C)C)C2)c1C(C)C.